The van der Waals surface area contributed by atoms with Crippen LogP contribution in [0.3, 0.4) is 0 Å². The average molecular weight is 372 g/mol. The summed E-state index contributed by atoms with van der Waals surface area (Å²) in [5, 5.41) is 0. The molecule has 1 atom stereocenters. The molecule has 2 radical (unpaired) electrons. The Kier molecular flexibility index (Phi) is 8.27. The zero-order chi connectivity index (χ0) is 14.1. The van der Waals surface area contributed by atoms with Gasteiger partial charge in [-0.2, -0.15) is 0 Å². The molecule has 0 aromatic rings. The molecule has 1 aliphatic heterocycles. The second-order valence-corrected chi connectivity index (χ2v) is 9.13. The summed E-state index contributed by atoms with van der Waals surface area (Å²) in [6.45, 7) is 8.04. The second-order valence-electron chi connectivity index (χ2n) is 5.47. The summed E-state index contributed by atoms with van der Waals surface area (Å²) in [5.41, 5.74) is 1.48. The number of hydrogen-bond donors (Lipinski definition) is 0. The van der Waals surface area contributed by atoms with E-state index in [-0.39, 0.29) is 3.74 Å². The molecule has 3 heteroatoms. The van der Waals surface area contributed by atoms with Gasteiger partial charge in [0.2, 0.25) is 0 Å². The summed E-state index contributed by atoms with van der Waals surface area (Å²) in [7, 11) is 0. The Morgan fingerprint density at radius 3 is 2.37 bits per heavy atom. The molecular formula is C16H31NOSn. The zero-order valence-electron chi connectivity index (χ0n) is 13.3. The Morgan fingerprint density at radius 2 is 1.79 bits per heavy atom. The van der Waals surface area contributed by atoms with Gasteiger partial charge in [-0.05, 0) is 0 Å². The first-order valence-corrected chi connectivity index (χ1v) is 12.4. The van der Waals surface area contributed by atoms with Gasteiger partial charge in [-0.3, -0.25) is 0 Å². The van der Waals surface area contributed by atoms with Crippen molar-refractivity contribution in [3.8, 4) is 0 Å². The number of nitrogens with zero attached hydrogens (tertiary/aromatic N) is 1. The molecule has 0 fully saturated rings. The normalized spacial score (nSPS) is 22.5. The molecule has 0 amide bonds. The van der Waals surface area contributed by atoms with Crippen molar-refractivity contribution in [1.82, 2.24) is 4.90 Å². The summed E-state index contributed by atoms with van der Waals surface area (Å²) in [6, 6.07) is 0. The fourth-order valence-electron chi connectivity index (χ4n) is 2.65. The van der Waals surface area contributed by atoms with Gasteiger partial charge in [0, 0.05) is 0 Å². The number of unbranched alkanes of at least 4 members (excludes halogenated alkanes) is 3. The van der Waals surface area contributed by atoms with Gasteiger partial charge in [0.05, 0.1) is 0 Å². The molecule has 0 saturated carbocycles. The predicted octanol–water partition coefficient (Wildman–Crippen LogP) is 4.75. The Balaban J connectivity index is 2.74. The SMILES string of the molecule is CCCCC1=CO[C](CCCC)([Sn][CH3])N1CCCC. The molecule has 0 aromatic carbocycles. The number of allylic oxidation sites excluding steroid dienone is 1. The van der Waals surface area contributed by atoms with Crippen LogP contribution < -0.4 is 0 Å². The minimum absolute atomic E-state index is 0.137. The van der Waals surface area contributed by atoms with Crippen LogP contribution in [0.15, 0.2) is 12.0 Å². The van der Waals surface area contributed by atoms with E-state index in [1.165, 1.54) is 63.6 Å². The molecule has 2 nitrogen and oxygen atoms in total. The first kappa shape index (κ1) is 17.2. The van der Waals surface area contributed by atoms with Crippen molar-refractivity contribution >= 4 is 21.1 Å². The van der Waals surface area contributed by atoms with Crippen molar-refractivity contribution in [3.63, 3.8) is 0 Å². The zero-order valence-corrected chi connectivity index (χ0v) is 16.2. The monoisotopic (exact) mass is 373 g/mol. The van der Waals surface area contributed by atoms with Crippen LogP contribution in [0.5, 0.6) is 0 Å². The third-order valence-electron chi connectivity index (χ3n) is 3.95. The number of rotatable bonds is 10. The van der Waals surface area contributed by atoms with E-state index in [4.69, 9.17) is 4.74 Å². The summed E-state index contributed by atoms with van der Waals surface area (Å²) in [6.07, 6.45) is 12.2. The van der Waals surface area contributed by atoms with E-state index < -0.39 is 21.1 Å². The number of hydrogen-bond acceptors (Lipinski definition) is 2. The molecule has 19 heavy (non-hydrogen) atoms. The van der Waals surface area contributed by atoms with E-state index in [1.807, 2.05) is 0 Å². The van der Waals surface area contributed by atoms with Crippen LogP contribution in [0.2, 0.25) is 4.94 Å². The van der Waals surface area contributed by atoms with Crippen LogP contribution in [-0.2, 0) is 4.74 Å². The fourth-order valence-corrected chi connectivity index (χ4v) is 5.87. The van der Waals surface area contributed by atoms with E-state index in [1.54, 1.807) is 0 Å². The van der Waals surface area contributed by atoms with Crippen LogP contribution in [0.4, 0.5) is 0 Å². The van der Waals surface area contributed by atoms with Crippen LogP contribution >= 0.6 is 0 Å². The maximum absolute atomic E-state index is 6.25. The molecule has 1 rings (SSSR count). The van der Waals surface area contributed by atoms with Gasteiger partial charge in [-0.15, -0.1) is 0 Å². The van der Waals surface area contributed by atoms with E-state index >= 15 is 0 Å². The van der Waals surface area contributed by atoms with E-state index in [0.717, 1.165) is 0 Å². The van der Waals surface area contributed by atoms with E-state index in [2.05, 4.69) is 36.9 Å². The molecule has 1 unspecified atom stereocenters. The van der Waals surface area contributed by atoms with Crippen LogP contribution in [-0.4, -0.2) is 36.3 Å². The quantitative estimate of drug-likeness (QED) is 0.514. The van der Waals surface area contributed by atoms with Crippen molar-refractivity contribution in [1.29, 1.82) is 0 Å². The van der Waals surface area contributed by atoms with Gasteiger partial charge >= 0.3 is 130 Å². The van der Waals surface area contributed by atoms with Gasteiger partial charge in [-0.1, -0.05) is 0 Å². The van der Waals surface area contributed by atoms with Gasteiger partial charge < -0.3 is 0 Å². The third kappa shape index (κ3) is 4.57. The van der Waals surface area contributed by atoms with Crippen molar-refractivity contribution in [2.75, 3.05) is 6.54 Å². The standard InChI is InChI=1S/C15H28NO.CH3.Sn/c1-4-7-10-14-13-17-15(11-8-5-2)16(14)12-9-6-3;;/h13H,4-12H2,1-3H3;1H3;. The van der Waals surface area contributed by atoms with E-state index in [0.29, 0.717) is 0 Å². The molecule has 0 bridgehead atoms. The molecule has 1 heterocycles. The van der Waals surface area contributed by atoms with Crippen molar-refractivity contribution in [2.45, 2.75) is 80.8 Å². The Hall–Kier alpha value is 0.139. The Labute approximate surface area is 130 Å². The molecule has 0 saturated heterocycles. The number of ether oxygens (including phenoxy) is 1. The van der Waals surface area contributed by atoms with E-state index in [9.17, 15) is 0 Å². The fraction of sp³-hybridized carbons (Fsp3) is 0.875. The first-order chi connectivity index (χ1) is 9.24. The minimum atomic E-state index is -0.507. The predicted molar refractivity (Wildman–Crippen MR) is 84.2 cm³/mol. The van der Waals surface area contributed by atoms with Gasteiger partial charge in [-0.25, -0.2) is 0 Å². The van der Waals surface area contributed by atoms with Crippen LogP contribution in [0.25, 0.3) is 0 Å². The third-order valence-corrected chi connectivity index (χ3v) is 8.00. The van der Waals surface area contributed by atoms with Crippen molar-refractivity contribution in [3.05, 3.63) is 12.0 Å². The summed E-state index contributed by atoms with van der Waals surface area (Å²) < 4.78 is 6.39. The topological polar surface area (TPSA) is 12.5 Å². The summed E-state index contributed by atoms with van der Waals surface area (Å²) >= 11 is -0.507. The van der Waals surface area contributed by atoms with Gasteiger partial charge in [0.15, 0.2) is 0 Å². The van der Waals surface area contributed by atoms with Gasteiger partial charge in [0.1, 0.15) is 0 Å². The molecule has 1 aliphatic rings. The van der Waals surface area contributed by atoms with Crippen LogP contribution in [0, 0.1) is 0 Å². The summed E-state index contributed by atoms with van der Waals surface area (Å²) in [4.78, 5) is 5.10. The molecule has 0 aliphatic carbocycles. The van der Waals surface area contributed by atoms with Crippen molar-refractivity contribution < 1.29 is 4.74 Å². The first-order valence-electron chi connectivity index (χ1n) is 8.07. The van der Waals surface area contributed by atoms with Crippen molar-refractivity contribution in [2.24, 2.45) is 0 Å². The maximum atomic E-state index is 6.25. The molecule has 0 aromatic heterocycles. The van der Waals surface area contributed by atoms with Crippen LogP contribution in [0.1, 0.15) is 72.1 Å². The average Bonchev–Trinajstić information content (AvgIpc) is 2.79. The summed E-state index contributed by atoms with van der Waals surface area (Å²) in [5.74, 6) is 0. The molecule has 0 N–H and O–H groups in total. The molecular weight excluding hydrogens is 341 g/mol. The Morgan fingerprint density at radius 1 is 1.11 bits per heavy atom. The molecule has 0 spiro atoms. The Bertz CT molecular complexity index is 280. The van der Waals surface area contributed by atoms with Gasteiger partial charge in [0.25, 0.3) is 0 Å². The second kappa shape index (κ2) is 9.14. The molecule has 110 valence electrons.